The molecule has 1 aliphatic rings. The van der Waals surface area contributed by atoms with Crippen LogP contribution in [0.2, 0.25) is 0 Å². The number of hydrogen-bond donors (Lipinski definition) is 6. The van der Waals surface area contributed by atoms with Gasteiger partial charge < -0.3 is 46.3 Å². The van der Waals surface area contributed by atoms with E-state index in [4.69, 9.17) is 26.5 Å². The molecule has 0 aromatic heterocycles. The molecule has 0 saturated carbocycles. The van der Waals surface area contributed by atoms with Gasteiger partial charge in [0.1, 0.15) is 17.8 Å². The van der Waals surface area contributed by atoms with Crippen LogP contribution < -0.4 is 21.7 Å². The first kappa shape index (κ1) is 32.4. The van der Waals surface area contributed by atoms with E-state index < -0.39 is 90.2 Å². The Morgan fingerprint density at radius 3 is 2.39 bits per heavy atom. The summed E-state index contributed by atoms with van der Waals surface area (Å²) in [6, 6.07) is -2.14. The van der Waals surface area contributed by atoms with Crippen molar-refractivity contribution in [1.82, 2.24) is 5.32 Å². The molecule has 0 radical (unpaired) electrons. The van der Waals surface area contributed by atoms with Crippen LogP contribution in [0.5, 0.6) is 5.75 Å². The summed E-state index contributed by atoms with van der Waals surface area (Å²) in [6.45, 7) is 3.84. The van der Waals surface area contributed by atoms with Crippen molar-refractivity contribution < 1.29 is 58.4 Å². The molecule has 5 unspecified atom stereocenters. The number of esters is 2. The number of Topliss-reactive ketones (excluding diaryl/α,β-unsaturated/α-hetero) is 1. The fourth-order valence-corrected chi connectivity index (χ4v) is 4.16. The van der Waals surface area contributed by atoms with E-state index in [0.717, 1.165) is 17.9 Å². The SMILES string of the molecule is CC(=O)NC1Cc2ccc(O)cc2N(C(CC(=O)O)C(=O)C=[N+]=[N-])C(N)(C(C)C)C(=O)OC(C(N)C(=O)O)OC1=O. The molecule has 17 nitrogen and oxygen atoms in total. The number of nitrogens with two attached hydrogens (primary N) is 2. The zero-order valence-electron chi connectivity index (χ0n) is 22.2. The normalized spacial score (nSPS) is 22.5. The van der Waals surface area contributed by atoms with E-state index in [1.165, 1.54) is 26.0 Å². The molecule has 1 aliphatic heterocycles. The lowest BCUT2D eigenvalue weighted by molar-refractivity contribution is -0.200. The number of aliphatic carboxylic acids is 2. The number of aromatic hydroxyl groups is 1. The van der Waals surface area contributed by atoms with Crippen LogP contribution in [0.3, 0.4) is 0 Å². The summed E-state index contributed by atoms with van der Waals surface area (Å²) in [7, 11) is 0. The Morgan fingerprint density at radius 2 is 1.88 bits per heavy atom. The third-order valence-electron chi connectivity index (χ3n) is 6.25. The third-order valence-corrected chi connectivity index (χ3v) is 6.25. The number of anilines is 1. The Bertz CT molecular complexity index is 1290. The van der Waals surface area contributed by atoms with Gasteiger partial charge in [-0.2, -0.15) is 4.79 Å². The van der Waals surface area contributed by atoms with Gasteiger partial charge >= 0.3 is 30.1 Å². The van der Waals surface area contributed by atoms with Gasteiger partial charge in [-0.3, -0.25) is 24.9 Å². The molecule has 222 valence electrons. The lowest BCUT2D eigenvalue weighted by Crippen LogP contribution is -2.71. The maximum Gasteiger partial charge on any atom is 0.350 e. The van der Waals surface area contributed by atoms with Crippen LogP contribution in [0, 0.1) is 5.92 Å². The van der Waals surface area contributed by atoms with E-state index in [1.54, 1.807) is 0 Å². The smallest absolute Gasteiger partial charge is 0.350 e. The molecule has 5 atom stereocenters. The Kier molecular flexibility index (Phi) is 10.3. The predicted molar refractivity (Wildman–Crippen MR) is 136 cm³/mol. The maximum absolute atomic E-state index is 13.8. The lowest BCUT2D eigenvalue weighted by Gasteiger charge is -2.46. The number of phenolic OH excluding ortho intramolecular Hbond substituents is 1. The number of nitrogens with zero attached hydrogens (tertiary/aromatic N) is 3. The standard InChI is InChI=1S/C24H30N6O11/c1-10(2)24(26)23(39)41-22(19(25)20(36)37)40-21(38)14(29-11(3)31)6-12-4-5-13(32)7-15(12)30(24)16(8-18(34)35)17(33)9-28-27/h4-5,7,9-10,14,16,19,22,32H,6,8,25-26H2,1-3H3,(H,29,31)(H,34,35)(H,36,37). The molecular formula is C24H30N6O11. The van der Waals surface area contributed by atoms with Gasteiger partial charge in [0.15, 0.2) is 11.7 Å². The number of cyclic esters (lactones) is 2. The minimum Gasteiger partial charge on any atom is -0.508 e. The minimum atomic E-state index is -2.54. The minimum absolute atomic E-state index is 0.0480. The van der Waals surface area contributed by atoms with E-state index in [0.29, 0.717) is 6.21 Å². The number of fused-ring (bicyclic) bond motifs is 1. The van der Waals surface area contributed by atoms with E-state index in [1.807, 2.05) is 0 Å². The van der Waals surface area contributed by atoms with Crippen molar-refractivity contribution in [2.75, 3.05) is 4.90 Å². The van der Waals surface area contributed by atoms with Gasteiger partial charge in [-0.05, 0) is 11.6 Å². The van der Waals surface area contributed by atoms with Gasteiger partial charge in [-0.25, -0.2) is 9.59 Å². The number of benzene rings is 1. The second-order valence-electron chi connectivity index (χ2n) is 9.46. The van der Waals surface area contributed by atoms with Gasteiger partial charge in [-0.15, -0.1) is 0 Å². The van der Waals surface area contributed by atoms with Gasteiger partial charge in [0, 0.05) is 31.0 Å². The van der Waals surface area contributed by atoms with Gasteiger partial charge in [0.05, 0.1) is 6.42 Å². The molecule has 17 heteroatoms. The zero-order valence-corrected chi connectivity index (χ0v) is 22.2. The molecule has 1 amide bonds. The van der Waals surface area contributed by atoms with Crippen LogP contribution in [-0.2, 0) is 44.7 Å². The van der Waals surface area contributed by atoms with Crippen LogP contribution in [0.4, 0.5) is 5.69 Å². The number of nitrogens with one attached hydrogen (secondary N) is 1. The molecule has 1 aromatic carbocycles. The summed E-state index contributed by atoms with van der Waals surface area (Å²) >= 11 is 0. The molecule has 0 saturated heterocycles. The maximum atomic E-state index is 13.8. The molecule has 1 aromatic rings. The molecule has 0 fully saturated rings. The molecule has 1 heterocycles. The number of phenols is 1. The fraction of sp³-hybridized carbons (Fsp3) is 0.458. The Morgan fingerprint density at radius 1 is 1.24 bits per heavy atom. The van der Waals surface area contributed by atoms with E-state index in [-0.39, 0.29) is 11.3 Å². The number of carbonyl (C=O) groups excluding carboxylic acids is 4. The van der Waals surface area contributed by atoms with Crippen molar-refractivity contribution in [2.45, 2.75) is 63.7 Å². The second kappa shape index (κ2) is 13.0. The molecule has 0 bridgehead atoms. The van der Waals surface area contributed by atoms with Gasteiger partial charge in [-0.1, -0.05) is 19.9 Å². The van der Waals surface area contributed by atoms with Crippen molar-refractivity contribution in [3.05, 3.63) is 29.3 Å². The van der Waals surface area contributed by atoms with Crippen LogP contribution in [0.15, 0.2) is 18.2 Å². The number of amides is 1. The first-order valence-corrected chi connectivity index (χ1v) is 12.0. The Labute approximate surface area is 232 Å². The summed E-state index contributed by atoms with van der Waals surface area (Å²) < 4.78 is 10.3. The highest BCUT2D eigenvalue weighted by Crippen LogP contribution is 2.37. The highest BCUT2D eigenvalue weighted by Gasteiger charge is 2.53. The van der Waals surface area contributed by atoms with Crippen molar-refractivity contribution in [1.29, 1.82) is 0 Å². The van der Waals surface area contributed by atoms with Gasteiger partial charge in [0.2, 0.25) is 5.91 Å². The van der Waals surface area contributed by atoms with Crippen LogP contribution in [0.25, 0.3) is 5.53 Å². The quantitative estimate of drug-likeness (QED) is 0.0808. The topological polar surface area (TPSA) is 285 Å². The average Bonchev–Trinajstić information content (AvgIpc) is 2.87. The number of ether oxygens (including phenoxy) is 2. The zero-order chi connectivity index (χ0) is 31.2. The summed E-state index contributed by atoms with van der Waals surface area (Å²) in [5.74, 6) is -9.44. The van der Waals surface area contributed by atoms with Crippen LogP contribution in [-0.4, -0.2) is 92.0 Å². The number of rotatable bonds is 9. The molecule has 8 N–H and O–H groups in total. The number of carboxylic acids is 2. The predicted octanol–water partition coefficient (Wildman–Crippen LogP) is -1.89. The summed E-state index contributed by atoms with van der Waals surface area (Å²) in [5.41, 5.74) is 18.5. The fourth-order valence-electron chi connectivity index (χ4n) is 4.16. The van der Waals surface area contributed by atoms with E-state index in [9.17, 15) is 44.1 Å². The molecular weight excluding hydrogens is 548 g/mol. The first-order valence-electron chi connectivity index (χ1n) is 12.0. The number of hydrogen-bond acceptors (Lipinski definition) is 12. The summed E-state index contributed by atoms with van der Waals surface area (Å²) in [4.78, 5) is 78.9. The molecule has 0 aliphatic carbocycles. The summed E-state index contributed by atoms with van der Waals surface area (Å²) in [5, 5.41) is 31.8. The molecule has 2 rings (SSSR count). The monoisotopic (exact) mass is 578 g/mol. The summed E-state index contributed by atoms with van der Waals surface area (Å²) in [6.07, 6.45) is -3.40. The first-order chi connectivity index (χ1) is 19.0. The highest BCUT2D eigenvalue weighted by atomic mass is 16.7. The molecule has 41 heavy (non-hydrogen) atoms. The lowest BCUT2D eigenvalue weighted by atomic mass is 9.89. The Hall–Kier alpha value is -4.86. The number of ketones is 1. The van der Waals surface area contributed by atoms with Crippen molar-refractivity contribution in [3.63, 3.8) is 0 Å². The number of carbonyl (C=O) groups is 6. The van der Waals surface area contributed by atoms with Crippen molar-refractivity contribution in [2.24, 2.45) is 17.4 Å². The Balaban J connectivity index is 3.05. The largest absolute Gasteiger partial charge is 0.508 e. The highest BCUT2D eigenvalue weighted by molar-refractivity contribution is 6.29. The van der Waals surface area contributed by atoms with E-state index >= 15 is 0 Å². The van der Waals surface area contributed by atoms with Gasteiger partial charge in [0.25, 0.3) is 12.1 Å². The second-order valence-corrected chi connectivity index (χ2v) is 9.46. The van der Waals surface area contributed by atoms with Crippen molar-refractivity contribution >= 4 is 47.5 Å². The van der Waals surface area contributed by atoms with E-state index in [2.05, 4.69) is 10.1 Å². The van der Waals surface area contributed by atoms with Crippen LogP contribution >= 0.6 is 0 Å². The third kappa shape index (κ3) is 7.21. The van der Waals surface area contributed by atoms with Crippen molar-refractivity contribution in [3.8, 4) is 5.75 Å². The number of carboxylic acid groups (broad SMARTS) is 2. The molecule has 0 spiro atoms. The average molecular weight is 579 g/mol. The van der Waals surface area contributed by atoms with Crippen LogP contribution in [0.1, 0.15) is 32.8 Å².